The minimum atomic E-state index is -6.78. The zero-order chi connectivity index (χ0) is 74.0. The number of aliphatic carboxylic acids is 2. The molecule has 5 rings (SSSR count). The number of hydrogen-bond acceptors (Lipinski definition) is 49. The molecule has 5 heterocycles. The second kappa shape index (κ2) is 49.0. The van der Waals surface area contributed by atoms with Gasteiger partial charge in [0.05, 0.1) is 38.6 Å². The van der Waals surface area contributed by atoms with E-state index in [0.29, 0.717) is 11.8 Å². The van der Waals surface area contributed by atoms with Gasteiger partial charge >= 0.3 is 296 Å². The first kappa shape index (κ1) is 108. The van der Waals surface area contributed by atoms with Crippen LogP contribution in [0.25, 0.3) is 0 Å². The number of rotatable bonds is 30. The summed E-state index contributed by atoms with van der Waals surface area (Å²) in [5, 5.41) is 93.0. The van der Waals surface area contributed by atoms with Crippen molar-refractivity contribution in [3.05, 3.63) is 0 Å². The van der Waals surface area contributed by atoms with E-state index in [-0.39, 0.29) is 296 Å². The van der Waals surface area contributed by atoms with E-state index in [2.05, 4.69) is 25.7 Å². The zero-order valence-corrected chi connectivity index (χ0v) is 79.7. The van der Waals surface area contributed by atoms with Crippen molar-refractivity contribution in [1.29, 1.82) is 0 Å². The minimum Gasteiger partial charge on any atom is -0.735 e. The monoisotopic (exact) mass is 1730 g/mol. The fourth-order valence-corrected chi connectivity index (χ4v) is 11.8. The predicted molar refractivity (Wildman–Crippen MR) is 242 cm³/mol. The standard InChI is InChI=1S/C31H53N3O49S8.10Na/c1-69-27-9(33-85(48,49)50)13(37)17(6(74-27)3-71-88(57,58)59)76-31-22(83-91(66,67)68)16(40)21(24(81-31)26(43)44)79-29-10(34-86(51,52)53)19(82-90(63,64)65)18(7(75-29)4-72-89(60,61)62)77-30-15(39)14(38)20(23(80-30)25(41)42)78-28-8(32-84(45,46)47)12(36)11(35)5(73-28)2-70-87(54,55)56;;;;;;;;;;/h5-24,27-40H,2-4H2,1H3,(H,41,42)(H,43,44)(H,45,46,47)(H,48,49,50)(H,51,52,53)(H,54,55,56)(H,57,58,59)(H,60,61,62)(H,63,64,65)(H,66,67,68);;;;;;;;;;/q;10*+1/p-10/t5-,6-,7-,8-,9-,10-,11-,12-,13-,14-,15-,16+,17-,18-,19-,20+,21+,22-,23+,24-,27+,28-,29-,30-,31-;;;;;;;;;;/m1........../s1/i2D2,8D,11D,28D;;;;;;;;;;. The molecule has 534 valence electrons. The number of aliphatic hydroxyl groups is 6. The first-order valence-corrected chi connectivity index (χ1v) is 33.7. The summed E-state index contributed by atoms with van der Waals surface area (Å²) in [6.45, 7) is -8.62. The summed E-state index contributed by atoms with van der Waals surface area (Å²) in [4.78, 5) is 25.6. The van der Waals surface area contributed by atoms with Crippen LogP contribution in [0.2, 0.25) is 0 Å². The number of aliphatic hydroxyl groups excluding tert-OH is 5. The van der Waals surface area contributed by atoms with Crippen LogP contribution >= 0.6 is 0 Å². The first-order chi connectivity index (χ1) is 42.9. The summed E-state index contributed by atoms with van der Waals surface area (Å²) in [5.41, 5.74) is 0. The maximum atomic E-state index is 12.9. The minimum absolute atomic E-state index is 0. The van der Waals surface area contributed by atoms with Gasteiger partial charge in [-0.15, -0.1) is 0 Å². The van der Waals surface area contributed by atoms with Crippen LogP contribution in [-0.4, -0.2) is 326 Å². The molecule has 9 N–H and O–H groups in total. The Labute approximate surface area is 800 Å². The summed E-state index contributed by atoms with van der Waals surface area (Å²) in [6.07, 6.45) is -76.2. The Bertz CT molecular complexity index is 3820. The molecule has 5 aliphatic heterocycles. The Morgan fingerprint density at radius 3 is 1.21 bits per heavy atom. The summed E-state index contributed by atoms with van der Waals surface area (Å²) in [7, 11) is -50.2. The van der Waals surface area contributed by atoms with Gasteiger partial charge in [-0.2, -0.15) is 0 Å². The topological polar surface area (TPSA) is 834 Å². The van der Waals surface area contributed by atoms with Crippen LogP contribution in [-0.2, 0) is 161 Å². The maximum absolute atomic E-state index is 12.9. The third-order valence-corrected chi connectivity index (χ3v) is 15.4. The molecule has 0 aliphatic carbocycles. The van der Waals surface area contributed by atoms with Crippen LogP contribution in [0.5, 0.6) is 0 Å². The van der Waals surface area contributed by atoms with Gasteiger partial charge in [0.15, 0.2) is 68.4 Å². The zero-order valence-electron chi connectivity index (χ0n) is 58.1. The molecule has 0 saturated carbocycles. The number of methoxy groups -OCH3 is 1. The molecule has 0 amide bonds. The number of carboxylic acid groups (broad SMARTS) is 2. The molecule has 0 radical (unpaired) electrons. The summed E-state index contributed by atoms with van der Waals surface area (Å²) >= 11 is 0. The van der Waals surface area contributed by atoms with E-state index in [0.717, 1.165) is 4.72 Å². The molecule has 0 unspecified atom stereocenters. The second-order valence-corrected chi connectivity index (χ2v) is 26.4. The van der Waals surface area contributed by atoms with Gasteiger partial charge in [0, 0.05) is 7.11 Å². The van der Waals surface area contributed by atoms with Gasteiger partial charge in [-0.05, 0) is 0 Å². The van der Waals surface area contributed by atoms with Crippen molar-refractivity contribution in [2.45, 2.75) is 153 Å². The van der Waals surface area contributed by atoms with E-state index >= 15 is 0 Å². The number of nitrogens with one attached hydrogen (secondary N) is 3. The number of carbonyl (C=O) groups is 2. The van der Waals surface area contributed by atoms with Crippen LogP contribution in [0.1, 0.15) is 6.85 Å². The normalized spacial score (nSPS) is 37.9. The molecule has 5 fully saturated rings. The quantitative estimate of drug-likeness (QED) is 0.0183. The molecule has 25 atom stereocenters. The molecule has 0 bridgehead atoms. The number of hydrogen-bond donors (Lipinski definition) is 9. The van der Waals surface area contributed by atoms with E-state index < -0.39 is 268 Å². The maximum Gasteiger partial charge on any atom is 1.00 e. The molecule has 0 aromatic rings. The van der Waals surface area contributed by atoms with E-state index in [1.54, 1.807) is 0 Å². The summed E-state index contributed by atoms with van der Waals surface area (Å²) in [6, 6.07) is -10.8. The fourth-order valence-electron chi connectivity index (χ4n) is 8.40. The van der Waals surface area contributed by atoms with Gasteiger partial charge in [0.1, 0.15) is 116 Å². The number of carbonyl (C=O) groups excluding carboxylic acids is 2. The van der Waals surface area contributed by atoms with Crippen LogP contribution < -0.4 is 320 Å². The van der Waals surface area contributed by atoms with E-state index in [1.807, 2.05) is 0 Å². The smallest absolute Gasteiger partial charge is 0.735 e. The molecule has 52 nitrogen and oxygen atoms in total. The van der Waals surface area contributed by atoms with Crippen molar-refractivity contribution in [2.24, 2.45) is 0 Å². The second-order valence-electron chi connectivity index (χ2n) is 17.9. The van der Waals surface area contributed by atoms with Crippen LogP contribution in [0.3, 0.4) is 0 Å². The van der Waals surface area contributed by atoms with Crippen molar-refractivity contribution in [2.75, 3.05) is 26.9 Å². The summed E-state index contributed by atoms with van der Waals surface area (Å²) in [5.74, 6) is -5.87. The van der Waals surface area contributed by atoms with Crippen molar-refractivity contribution >= 4 is 94.8 Å². The summed E-state index contributed by atoms with van der Waals surface area (Å²) < 4.78 is 400. The first-order valence-electron chi connectivity index (χ1n) is 25.3. The Kier molecular flexibility index (Phi) is 52.5. The van der Waals surface area contributed by atoms with Gasteiger partial charge < -0.3 is 134 Å². The third-order valence-electron chi connectivity index (χ3n) is 11.7. The van der Waals surface area contributed by atoms with Crippen LogP contribution in [0.15, 0.2) is 0 Å². The van der Waals surface area contributed by atoms with Crippen molar-refractivity contribution in [1.82, 2.24) is 14.2 Å². The fraction of sp³-hybridized carbons (Fsp3) is 0.935. The Balaban J connectivity index is -0.00000250. The molecule has 5 aliphatic rings. The SMILES string of the molecule is [2H]C([2H])(OS(=O)(=O)[O-])[C@H]1O[C@]([2H])(O[C@H]2[C@H](O)[C@@H](O)[C@H](O[C@H]3[C@H](OS(=O)(=O)[O-])[C@@H](NS(=O)(=O)[O-])[C@@H](O[C@H]4[C@H](O)[C@@H](OS(=O)(=O)[O-])[C@H](O[C@H]5[C@H](O)[C@@H](NS(=O)(=O)[O-])[C@@H](OC)O[C@@H]5COS(=O)(=O)[O-])O[C@H]4C(=O)[O-])O[C@@H]3COS(=O)(=O)[O-])O[C@@H]2C(=O)[O-])[C@]([2H])(NS(=O)(=O)[O-])[C@@H](O)[C@]1([2H])O.[Na+].[Na+].[Na+].[Na+].[Na+].[Na+].[Na+].[Na+].[Na+].[Na+]. The van der Waals surface area contributed by atoms with E-state index in [4.69, 9.17) is 49.5 Å². The van der Waals surface area contributed by atoms with Crippen LogP contribution in [0, 0.1) is 0 Å². The van der Waals surface area contributed by atoms with Gasteiger partial charge in [-0.3, -0.25) is 20.9 Å². The van der Waals surface area contributed by atoms with Gasteiger partial charge in [-0.25, -0.2) is 81.5 Å². The molecular formula is C31H43N3Na10O49S8. The van der Waals surface area contributed by atoms with Crippen molar-refractivity contribution in [3.8, 4) is 0 Å². The molecule has 0 aromatic heterocycles. The predicted octanol–water partition coefficient (Wildman–Crippen LogP) is -49.1. The third kappa shape index (κ3) is 38.3. The number of ether oxygens (including phenoxy) is 10. The average molecular weight is 1730 g/mol. The van der Waals surface area contributed by atoms with Crippen molar-refractivity contribution < 1.29 is 525 Å². The van der Waals surface area contributed by atoms with E-state index in [1.165, 1.54) is 4.72 Å². The number of carboxylic acids is 2. The molecule has 0 spiro atoms. The Hall–Kier alpha value is 7.26. The molecule has 5 saturated heterocycles. The average Bonchev–Trinajstić information content (AvgIpc) is 0.703. The van der Waals surface area contributed by atoms with E-state index in [9.17, 15) is 154 Å². The molecule has 70 heteroatoms. The molecule has 0 aromatic carbocycles. The van der Waals surface area contributed by atoms with Gasteiger partial charge in [0.2, 0.25) is 52.0 Å². The molecular weight excluding hydrogens is 1680 g/mol. The van der Waals surface area contributed by atoms with Gasteiger partial charge in [-0.1, -0.05) is 0 Å². The Morgan fingerprint density at radius 1 is 0.406 bits per heavy atom. The van der Waals surface area contributed by atoms with Crippen molar-refractivity contribution in [3.63, 3.8) is 0 Å². The molecule has 101 heavy (non-hydrogen) atoms. The van der Waals surface area contributed by atoms with Crippen LogP contribution in [0.4, 0.5) is 0 Å². The Morgan fingerprint density at radius 2 is 0.792 bits per heavy atom. The largest absolute Gasteiger partial charge is 1.00 e. The van der Waals surface area contributed by atoms with Gasteiger partial charge in [0.25, 0.3) is 0 Å².